The molecule has 1 aliphatic heterocycles. The van der Waals surface area contributed by atoms with Crippen LogP contribution in [0.4, 0.5) is 0 Å². The van der Waals surface area contributed by atoms with Crippen molar-refractivity contribution in [1.29, 1.82) is 0 Å². The Morgan fingerprint density at radius 3 is 2.88 bits per heavy atom. The third kappa shape index (κ3) is 4.09. The van der Waals surface area contributed by atoms with E-state index in [1.54, 1.807) is 37.4 Å². The maximum absolute atomic E-state index is 12.9. The number of rotatable bonds is 5. The van der Waals surface area contributed by atoms with Crippen molar-refractivity contribution in [2.24, 2.45) is 0 Å². The smallest absolute Gasteiger partial charge is 0.251 e. The van der Waals surface area contributed by atoms with Gasteiger partial charge in [-0.3, -0.25) is 9.78 Å². The van der Waals surface area contributed by atoms with Gasteiger partial charge in [-0.1, -0.05) is 12.1 Å². The van der Waals surface area contributed by atoms with Crippen LogP contribution in [0.3, 0.4) is 0 Å². The first kappa shape index (κ1) is 18.5. The molecule has 138 valence electrons. The highest BCUT2D eigenvalue weighted by Crippen LogP contribution is 2.21. The van der Waals surface area contributed by atoms with Crippen LogP contribution >= 0.6 is 0 Å². The first-order valence-corrected chi connectivity index (χ1v) is 9.80. The molecule has 0 aliphatic carbocycles. The Morgan fingerprint density at radius 2 is 2.15 bits per heavy atom. The van der Waals surface area contributed by atoms with Crippen molar-refractivity contribution < 1.29 is 17.9 Å². The molecule has 1 aromatic heterocycles. The number of nitrogens with zero attached hydrogens (tertiary/aromatic N) is 2. The van der Waals surface area contributed by atoms with Gasteiger partial charge < -0.3 is 10.1 Å². The minimum Gasteiger partial charge on any atom is -0.378 e. The molecule has 1 atom stereocenters. The molecule has 0 bridgehead atoms. The van der Waals surface area contributed by atoms with E-state index < -0.39 is 10.0 Å². The number of morpholine rings is 1. The number of hydrogen-bond acceptors (Lipinski definition) is 5. The number of aromatic nitrogens is 1. The molecule has 1 unspecified atom stereocenters. The Bertz CT molecular complexity index is 871. The summed E-state index contributed by atoms with van der Waals surface area (Å²) in [7, 11) is -3.67. The minimum absolute atomic E-state index is 0.108. The summed E-state index contributed by atoms with van der Waals surface area (Å²) in [5, 5.41) is 2.75. The summed E-state index contributed by atoms with van der Waals surface area (Å²) in [5.41, 5.74) is 1.02. The van der Waals surface area contributed by atoms with Gasteiger partial charge in [-0.25, -0.2) is 8.42 Å². The summed E-state index contributed by atoms with van der Waals surface area (Å²) in [5.74, 6) is -0.345. The van der Waals surface area contributed by atoms with E-state index in [9.17, 15) is 13.2 Å². The van der Waals surface area contributed by atoms with Crippen LogP contribution < -0.4 is 5.32 Å². The van der Waals surface area contributed by atoms with Crippen LogP contribution in [0.15, 0.2) is 53.6 Å². The first-order valence-electron chi connectivity index (χ1n) is 8.36. The average Bonchev–Trinajstić information content (AvgIpc) is 2.67. The summed E-state index contributed by atoms with van der Waals surface area (Å²) in [6, 6.07) is 11.3. The predicted octanol–water partition coefficient (Wildman–Crippen LogP) is 1.42. The number of carbonyl (C=O) groups is 1. The molecule has 2 aromatic rings. The number of sulfonamides is 1. The van der Waals surface area contributed by atoms with Gasteiger partial charge in [0.2, 0.25) is 10.0 Å². The van der Waals surface area contributed by atoms with Crippen molar-refractivity contribution in [1.82, 2.24) is 14.6 Å². The average molecular weight is 375 g/mol. The summed E-state index contributed by atoms with van der Waals surface area (Å²) in [6.45, 7) is 3.12. The molecular weight excluding hydrogens is 354 g/mol. The SMILES string of the molecule is CC1COCCN1S(=O)(=O)c1cccc(C(=O)NCc2ccccn2)c1. The normalized spacial score (nSPS) is 18.4. The Balaban J connectivity index is 1.76. The van der Waals surface area contributed by atoms with E-state index in [1.165, 1.54) is 16.4 Å². The van der Waals surface area contributed by atoms with E-state index >= 15 is 0 Å². The van der Waals surface area contributed by atoms with Gasteiger partial charge in [0.1, 0.15) is 0 Å². The number of ether oxygens (including phenoxy) is 1. The summed E-state index contributed by atoms with van der Waals surface area (Å²) in [4.78, 5) is 16.6. The molecule has 1 aliphatic rings. The van der Waals surface area contributed by atoms with E-state index in [4.69, 9.17) is 4.74 Å². The van der Waals surface area contributed by atoms with E-state index in [0.29, 0.717) is 25.3 Å². The third-order valence-corrected chi connectivity index (χ3v) is 6.18. The van der Waals surface area contributed by atoms with E-state index in [2.05, 4.69) is 10.3 Å². The van der Waals surface area contributed by atoms with Crippen molar-refractivity contribution in [2.45, 2.75) is 24.4 Å². The molecule has 0 radical (unpaired) electrons. The van der Waals surface area contributed by atoms with Crippen molar-refractivity contribution in [3.63, 3.8) is 0 Å². The Labute approximate surface area is 153 Å². The van der Waals surface area contributed by atoms with Gasteiger partial charge in [-0.05, 0) is 37.3 Å². The lowest BCUT2D eigenvalue weighted by atomic mass is 10.2. The quantitative estimate of drug-likeness (QED) is 0.854. The van der Waals surface area contributed by atoms with Crippen molar-refractivity contribution in [3.8, 4) is 0 Å². The van der Waals surface area contributed by atoms with Gasteiger partial charge in [-0.15, -0.1) is 0 Å². The second-order valence-corrected chi connectivity index (χ2v) is 7.96. The zero-order valence-corrected chi connectivity index (χ0v) is 15.3. The lowest BCUT2D eigenvalue weighted by Gasteiger charge is -2.32. The van der Waals surface area contributed by atoms with Gasteiger partial charge in [0, 0.05) is 24.3 Å². The maximum Gasteiger partial charge on any atom is 0.251 e. The van der Waals surface area contributed by atoms with Gasteiger partial charge in [0.15, 0.2) is 0 Å². The molecule has 7 nitrogen and oxygen atoms in total. The molecular formula is C18H21N3O4S. The highest BCUT2D eigenvalue weighted by Gasteiger charge is 2.31. The molecule has 1 saturated heterocycles. The number of benzene rings is 1. The molecule has 1 N–H and O–H groups in total. The zero-order chi connectivity index (χ0) is 18.6. The summed E-state index contributed by atoms with van der Waals surface area (Å²) < 4.78 is 32.5. The van der Waals surface area contributed by atoms with Gasteiger partial charge in [-0.2, -0.15) is 4.31 Å². The molecule has 8 heteroatoms. The fourth-order valence-corrected chi connectivity index (χ4v) is 4.42. The summed E-state index contributed by atoms with van der Waals surface area (Å²) >= 11 is 0. The Hall–Kier alpha value is -2.29. The van der Waals surface area contributed by atoms with Crippen LogP contribution in [0, 0.1) is 0 Å². The zero-order valence-electron chi connectivity index (χ0n) is 14.5. The molecule has 1 aromatic carbocycles. The predicted molar refractivity (Wildman–Crippen MR) is 96.0 cm³/mol. The highest BCUT2D eigenvalue weighted by molar-refractivity contribution is 7.89. The lowest BCUT2D eigenvalue weighted by Crippen LogP contribution is -2.46. The molecule has 1 amide bonds. The van der Waals surface area contributed by atoms with E-state index in [-0.39, 0.29) is 23.4 Å². The van der Waals surface area contributed by atoms with Crippen LogP contribution in [-0.4, -0.2) is 49.4 Å². The number of nitrogens with one attached hydrogen (secondary N) is 1. The third-order valence-electron chi connectivity index (χ3n) is 4.17. The van der Waals surface area contributed by atoms with E-state index in [0.717, 1.165) is 5.69 Å². The van der Waals surface area contributed by atoms with Crippen LogP contribution in [0.25, 0.3) is 0 Å². The fourth-order valence-electron chi connectivity index (χ4n) is 2.78. The number of hydrogen-bond donors (Lipinski definition) is 1. The maximum atomic E-state index is 12.9. The lowest BCUT2D eigenvalue weighted by molar-refractivity contribution is 0.0392. The van der Waals surface area contributed by atoms with Gasteiger partial charge >= 0.3 is 0 Å². The fraction of sp³-hybridized carbons (Fsp3) is 0.333. The van der Waals surface area contributed by atoms with Crippen LogP contribution in [-0.2, 0) is 21.3 Å². The highest BCUT2D eigenvalue weighted by atomic mass is 32.2. The minimum atomic E-state index is -3.67. The molecule has 2 heterocycles. The topological polar surface area (TPSA) is 88.6 Å². The number of carbonyl (C=O) groups excluding carboxylic acids is 1. The summed E-state index contributed by atoms with van der Waals surface area (Å²) in [6.07, 6.45) is 1.65. The molecule has 0 spiro atoms. The second kappa shape index (κ2) is 7.94. The Morgan fingerprint density at radius 1 is 1.31 bits per heavy atom. The van der Waals surface area contributed by atoms with Crippen LogP contribution in [0.5, 0.6) is 0 Å². The molecule has 1 fully saturated rings. The number of amides is 1. The second-order valence-electron chi connectivity index (χ2n) is 6.07. The largest absolute Gasteiger partial charge is 0.378 e. The van der Waals surface area contributed by atoms with E-state index in [1.807, 2.05) is 6.07 Å². The van der Waals surface area contributed by atoms with Crippen molar-refractivity contribution in [3.05, 3.63) is 59.9 Å². The van der Waals surface area contributed by atoms with Crippen LogP contribution in [0.2, 0.25) is 0 Å². The molecule has 3 rings (SSSR count). The van der Waals surface area contributed by atoms with Gasteiger partial charge in [0.05, 0.1) is 30.3 Å². The van der Waals surface area contributed by atoms with Gasteiger partial charge in [0.25, 0.3) is 5.91 Å². The van der Waals surface area contributed by atoms with Crippen LogP contribution in [0.1, 0.15) is 23.0 Å². The monoisotopic (exact) mass is 375 g/mol. The van der Waals surface area contributed by atoms with Crippen molar-refractivity contribution in [2.75, 3.05) is 19.8 Å². The molecule has 0 saturated carbocycles. The molecule has 26 heavy (non-hydrogen) atoms. The first-order chi connectivity index (χ1) is 12.5. The Kier molecular flexibility index (Phi) is 5.65. The standard InChI is InChI=1S/C18H21N3O4S/c1-14-13-25-10-9-21(14)26(23,24)17-7-4-5-15(11-17)18(22)20-12-16-6-2-3-8-19-16/h2-8,11,14H,9-10,12-13H2,1H3,(H,20,22). The number of pyridine rings is 1. The van der Waals surface area contributed by atoms with Crippen molar-refractivity contribution >= 4 is 15.9 Å².